The van der Waals surface area contributed by atoms with Crippen molar-refractivity contribution in [3.05, 3.63) is 48.2 Å². The van der Waals surface area contributed by atoms with Gasteiger partial charge in [-0.15, -0.1) is 0 Å². The zero-order chi connectivity index (χ0) is 22.9. The summed E-state index contributed by atoms with van der Waals surface area (Å²) in [6, 6.07) is 7.67. The second-order valence-electron chi connectivity index (χ2n) is 7.42. The molecule has 3 heterocycles. The average molecular weight is 466 g/mol. The van der Waals surface area contributed by atoms with E-state index in [-0.39, 0.29) is 28.9 Å². The number of carbonyl (C=O) groups excluding carboxylic acids is 2. The standard InChI is InChI=1S/C21H21F3N4O3S/c1-14-19(29)28(16-2-4-17(5-3-16)32-21(22,23)24)20(30)27(14)13-15-6-7-25-18(12-15)26-8-10-31-11-9-26/h2-7,12,14H,8-11,13H2,1H3. The van der Waals surface area contributed by atoms with E-state index in [1.807, 2.05) is 6.07 Å². The number of alkyl halides is 3. The summed E-state index contributed by atoms with van der Waals surface area (Å²) in [4.78, 5) is 34.8. The number of imide groups is 1. The van der Waals surface area contributed by atoms with Crippen LogP contribution in [0.5, 0.6) is 0 Å². The number of morpholine rings is 1. The van der Waals surface area contributed by atoms with E-state index in [1.54, 1.807) is 19.2 Å². The first-order chi connectivity index (χ1) is 15.2. The molecule has 7 nitrogen and oxygen atoms in total. The number of nitrogens with zero attached hydrogens (tertiary/aromatic N) is 4. The van der Waals surface area contributed by atoms with Gasteiger partial charge in [0.2, 0.25) is 0 Å². The Labute approximate surface area is 187 Å². The summed E-state index contributed by atoms with van der Waals surface area (Å²) in [5.41, 5.74) is -3.34. The van der Waals surface area contributed by atoms with Crippen molar-refractivity contribution in [3.63, 3.8) is 0 Å². The van der Waals surface area contributed by atoms with Gasteiger partial charge in [0, 0.05) is 30.7 Å². The lowest BCUT2D eigenvalue weighted by Crippen LogP contribution is -2.37. The highest BCUT2D eigenvalue weighted by Crippen LogP contribution is 2.38. The highest BCUT2D eigenvalue weighted by molar-refractivity contribution is 8.00. The van der Waals surface area contributed by atoms with Crippen LogP contribution in [0.25, 0.3) is 0 Å². The van der Waals surface area contributed by atoms with E-state index in [1.165, 1.54) is 29.2 Å². The van der Waals surface area contributed by atoms with Crippen LogP contribution in [-0.4, -0.2) is 59.7 Å². The van der Waals surface area contributed by atoms with Crippen LogP contribution in [-0.2, 0) is 16.1 Å². The van der Waals surface area contributed by atoms with E-state index in [4.69, 9.17) is 4.74 Å². The van der Waals surface area contributed by atoms with Crippen molar-refractivity contribution in [2.75, 3.05) is 36.1 Å². The number of hydrogen-bond donors (Lipinski definition) is 0. The monoisotopic (exact) mass is 466 g/mol. The molecule has 1 atom stereocenters. The second-order valence-corrected chi connectivity index (χ2v) is 8.56. The van der Waals surface area contributed by atoms with Gasteiger partial charge in [-0.3, -0.25) is 4.79 Å². The van der Waals surface area contributed by atoms with Crippen LogP contribution < -0.4 is 9.80 Å². The van der Waals surface area contributed by atoms with Gasteiger partial charge in [-0.2, -0.15) is 13.2 Å². The Morgan fingerprint density at radius 3 is 2.47 bits per heavy atom. The third-order valence-electron chi connectivity index (χ3n) is 5.31. The van der Waals surface area contributed by atoms with Gasteiger partial charge in [-0.05, 0) is 60.6 Å². The molecule has 0 N–H and O–H groups in total. The fourth-order valence-electron chi connectivity index (χ4n) is 3.67. The van der Waals surface area contributed by atoms with E-state index >= 15 is 0 Å². The SMILES string of the molecule is CC1C(=O)N(c2ccc(SC(F)(F)F)cc2)C(=O)N1Cc1ccnc(N2CCOCC2)c1. The fourth-order valence-corrected chi connectivity index (χ4v) is 4.21. The number of benzene rings is 1. The molecule has 11 heteroatoms. The number of hydrogen-bond acceptors (Lipinski definition) is 6. The van der Waals surface area contributed by atoms with Crippen molar-refractivity contribution in [2.24, 2.45) is 0 Å². The largest absolute Gasteiger partial charge is 0.446 e. The van der Waals surface area contributed by atoms with Crippen LogP contribution in [0.3, 0.4) is 0 Å². The summed E-state index contributed by atoms with van der Waals surface area (Å²) < 4.78 is 43.0. The lowest BCUT2D eigenvalue weighted by Gasteiger charge is -2.28. The molecule has 0 aliphatic carbocycles. The van der Waals surface area contributed by atoms with Crippen molar-refractivity contribution in [1.82, 2.24) is 9.88 Å². The van der Waals surface area contributed by atoms with Crippen LogP contribution in [0, 0.1) is 0 Å². The summed E-state index contributed by atoms with van der Waals surface area (Å²) in [6.07, 6.45) is 1.67. The normalized spacial score (nSPS) is 19.8. The van der Waals surface area contributed by atoms with Crippen LogP contribution >= 0.6 is 11.8 Å². The Kier molecular flexibility index (Phi) is 6.29. The number of anilines is 2. The van der Waals surface area contributed by atoms with E-state index in [0.29, 0.717) is 13.2 Å². The zero-order valence-corrected chi connectivity index (χ0v) is 18.0. The topological polar surface area (TPSA) is 66.0 Å². The zero-order valence-electron chi connectivity index (χ0n) is 17.2. The Hall–Kier alpha value is -2.79. The fraction of sp³-hybridized carbons (Fsp3) is 0.381. The molecule has 1 aromatic heterocycles. The van der Waals surface area contributed by atoms with Crippen molar-refractivity contribution in [1.29, 1.82) is 0 Å². The van der Waals surface area contributed by atoms with E-state index in [2.05, 4.69) is 9.88 Å². The molecular formula is C21H21F3N4O3S. The number of rotatable bonds is 5. The molecule has 0 radical (unpaired) electrons. The molecule has 32 heavy (non-hydrogen) atoms. The highest BCUT2D eigenvalue weighted by atomic mass is 32.2. The van der Waals surface area contributed by atoms with Gasteiger partial charge in [-0.1, -0.05) is 0 Å². The molecule has 0 spiro atoms. The maximum atomic E-state index is 13.0. The van der Waals surface area contributed by atoms with Gasteiger partial charge in [0.15, 0.2) is 0 Å². The van der Waals surface area contributed by atoms with Crippen molar-refractivity contribution in [2.45, 2.75) is 29.9 Å². The van der Waals surface area contributed by atoms with Gasteiger partial charge in [0.25, 0.3) is 5.91 Å². The predicted octanol–water partition coefficient (Wildman–Crippen LogP) is 3.89. The number of ether oxygens (including phenoxy) is 1. The van der Waals surface area contributed by atoms with E-state index in [0.717, 1.165) is 29.4 Å². The number of aromatic nitrogens is 1. The van der Waals surface area contributed by atoms with E-state index < -0.39 is 23.5 Å². The third-order valence-corrected chi connectivity index (χ3v) is 6.05. The number of amides is 3. The highest BCUT2D eigenvalue weighted by Gasteiger charge is 2.43. The third kappa shape index (κ3) is 4.83. The Morgan fingerprint density at radius 2 is 1.81 bits per heavy atom. The van der Waals surface area contributed by atoms with Crippen LogP contribution in [0.4, 0.5) is 29.5 Å². The van der Waals surface area contributed by atoms with Crippen LogP contribution in [0.15, 0.2) is 47.5 Å². The Morgan fingerprint density at radius 1 is 1.12 bits per heavy atom. The first kappa shape index (κ1) is 22.4. The molecule has 2 aliphatic rings. The molecule has 1 unspecified atom stereocenters. The summed E-state index contributed by atoms with van der Waals surface area (Å²) in [7, 11) is 0. The number of thioether (sulfide) groups is 1. The summed E-state index contributed by atoms with van der Waals surface area (Å²) in [5, 5.41) is 0. The lowest BCUT2D eigenvalue weighted by molar-refractivity contribution is -0.119. The number of urea groups is 1. The minimum atomic E-state index is -4.41. The first-order valence-corrected chi connectivity index (χ1v) is 10.8. The van der Waals surface area contributed by atoms with Crippen molar-refractivity contribution in [3.8, 4) is 0 Å². The lowest BCUT2D eigenvalue weighted by atomic mass is 10.2. The van der Waals surface area contributed by atoms with Crippen molar-refractivity contribution < 1.29 is 27.5 Å². The minimum Gasteiger partial charge on any atom is -0.378 e. The van der Waals surface area contributed by atoms with Gasteiger partial charge in [0.05, 0.1) is 18.9 Å². The quantitative estimate of drug-likeness (QED) is 0.492. The molecule has 4 rings (SSSR count). The molecule has 0 saturated carbocycles. The number of pyridine rings is 1. The smallest absolute Gasteiger partial charge is 0.378 e. The number of carbonyl (C=O) groups is 2. The average Bonchev–Trinajstić information content (AvgIpc) is 2.97. The van der Waals surface area contributed by atoms with Crippen molar-refractivity contribution >= 4 is 35.2 Å². The minimum absolute atomic E-state index is 0.0160. The molecule has 170 valence electrons. The van der Waals surface area contributed by atoms with Gasteiger partial charge in [0.1, 0.15) is 11.9 Å². The summed E-state index contributed by atoms with van der Waals surface area (Å²) in [6.45, 7) is 4.55. The molecule has 0 bridgehead atoms. The maximum absolute atomic E-state index is 13.0. The molecule has 3 amide bonds. The Balaban J connectivity index is 1.49. The summed E-state index contributed by atoms with van der Waals surface area (Å²) >= 11 is -0.247. The predicted molar refractivity (Wildman–Crippen MR) is 114 cm³/mol. The summed E-state index contributed by atoms with van der Waals surface area (Å²) in [5.74, 6) is 0.361. The molecular weight excluding hydrogens is 445 g/mol. The Bertz CT molecular complexity index is 997. The van der Waals surface area contributed by atoms with Gasteiger partial charge >= 0.3 is 11.5 Å². The molecule has 2 fully saturated rings. The van der Waals surface area contributed by atoms with Gasteiger partial charge < -0.3 is 14.5 Å². The first-order valence-electron chi connectivity index (χ1n) is 10.0. The molecule has 1 aromatic carbocycles. The molecule has 2 saturated heterocycles. The molecule has 2 aromatic rings. The van der Waals surface area contributed by atoms with E-state index in [9.17, 15) is 22.8 Å². The maximum Gasteiger partial charge on any atom is 0.446 e. The number of halogens is 3. The van der Waals surface area contributed by atoms with Gasteiger partial charge in [-0.25, -0.2) is 14.7 Å². The van der Waals surface area contributed by atoms with Crippen LogP contribution in [0.2, 0.25) is 0 Å². The van der Waals surface area contributed by atoms with Crippen LogP contribution in [0.1, 0.15) is 12.5 Å². The second kappa shape index (κ2) is 8.99. The molecule has 2 aliphatic heterocycles.